The quantitative estimate of drug-likeness (QED) is 0.635. The molecule has 0 spiro atoms. The Morgan fingerprint density at radius 1 is 1.47 bits per heavy atom. The Hall–Kier alpha value is -0.610. The van der Waals surface area contributed by atoms with E-state index in [1.807, 2.05) is 13.8 Å². The summed E-state index contributed by atoms with van der Waals surface area (Å²) in [7, 11) is 0. The molecule has 0 aliphatic heterocycles. The van der Waals surface area contributed by atoms with Crippen molar-refractivity contribution in [2.75, 3.05) is 6.54 Å². The van der Waals surface area contributed by atoms with Gasteiger partial charge in [0.05, 0.1) is 12.1 Å². The van der Waals surface area contributed by atoms with E-state index in [9.17, 15) is 9.90 Å². The maximum Gasteiger partial charge on any atom is 0.236 e. The maximum atomic E-state index is 11.5. The minimum absolute atomic E-state index is 0.00951. The van der Waals surface area contributed by atoms with Gasteiger partial charge in [-0.15, -0.1) is 0 Å². The Labute approximate surface area is 91.4 Å². The van der Waals surface area contributed by atoms with Crippen molar-refractivity contribution in [2.24, 2.45) is 0 Å². The molecule has 1 aliphatic rings. The molecule has 0 aromatic heterocycles. The van der Waals surface area contributed by atoms with Crippen molar-refractivity contribution < 1.29 is 9.90 Å². The summed E-state index contributed by atoms with van der Waals surface area (Å²) in [6, 6.07) is -0.140. The van der Waals surface area contributed by atoms with E-state index in [0.29, 0.717) is 6.54 Å². The van der Waals surface area contributed by atoms with Gasteiger partial charge in [0.2, 0.25) is 5.91 Å². The van der Waals surface area contributed by atoms with E-state index in [0.717, 1.165) is 25.7 Å². The number of aliphatic hydroxyl groups is 1. The monoisotopic (exact) mass is 214 g/mol. The van der Waals surface area contributed by atoms with E-state index in [4.69, 9.17) is 0 Å². The maximum absolute atomic E-state index is 11.5. The van der Waals surface area contributed by atoms with Crippen LogP contribution in [0, 0.1) is 0 Å². The molecule has 1 amide bonds. The van der Waals surface area contributed by atoms with Crippen LogP contribution in [0.5, 0.6) is 0 Å². The average molecular weight is 214 g/mol. The lowest BCUT2D eigenvalue weighted by atomic mass is 9.92. The van der Waals surface area contributed by atoms with Crippen LogP contribution >= 0.6 is 0 Å². The van der Waals surface area contributed by atoms with E-state index in [2.05, 4.69) is 10.6 Å². The first kappa shape index (κ1) is 12.5. The van der Waals surface area contributed by atoms with Gasteiger partial charge in [-0.25, -0.2) is 0 Å². The molecule has 88 valence electrons. The zero-order chi connectivity index (χ0) is 11.3. The molecule has 3 N–H and O–H groups in total. The van der Waals surface area contributed by atoms with Gasteiger partial charge in [-0.05, 0) is 26.7 Å². The lowest BCUT2D eigenvalue weighted by Crippen LogP contribution is -2.51. The van der Waals surface area contributed by atoms with Gasteiger partial charge in [0.25, 0.3) is 0 Å². The van der Waals surface area contributed by atoms with Crippen molar-refractivity contribution >= 4 is 5.91 Å². The molecule has 1 saturated carbocycles. The second-order valence-corrected chi connectivity index (χ2v) is 4.24. The van der Waals surface area contributed by atoms with Gasteiger partial charge in [0.1, 0.15) is 0 Å². The molecule has 0 heterocycles. The van der Waals surface area contributed by atoms with Crippen LogP contribution in [0.4, 0.5) is 0 Å². The first-order valence-electron chi connectivity index (χ1n) is 5.87. The summed E-state index contributed by atoms with van der Waals surface area (Å²) < 4.78 is 0. The van der Waals surface area contributed by atoms with Crippen LogP contribution in [0.2, 0.25) is 0 Å². The van der Waals surface area contributed by atoms with Crippen LogP contribution < -0.4 is 10.6 Å². The van der Waals surface area contributed by atoms with Gasteiger partial charge in [-0.1, -0.05) is 12.8 Å². The molecule has 0 aromatic rings. The molecule has 1 rings (SSSR count). The van der Waals surface area contributed by atoms with Crippen molar-refractivity contribution in [1.82, 2.24) is 10.6 Å². The Morgan fingerprint density at radius 2 is 2.13 bits per heavy atom. The Kier molecular flexibility index (Phi) is 5.05. The molecule has 0 bridgehead atoms. The highest BCUT2D eigenvalue weighted by molar-refractivity contribution is 5.81. The fraction of sp³-hybridized carbons (Fsp3) is 0.909. The summed E-state index contributed by atoms with van der Waals surface area (Å²) in [6.07, 6.45) is 3.74. The molecular weight excluding hydrogens is 192 g/mol. The van der Waals surface area contributed by atoms with Crippen molar-refractivity contribution in [1.29, 1.82) is 0 Å². The van der Waals surface area contributed by atoms with Gasteiger partial charge < -0.3 is 15.7 Å². The number of aliphatic hydroxyl groups excluding tert-OH is 1. The van der Waals surface area contributed by atoms with Gasteiger partial charge >= 0.3 is 0 Å². The number of carbonyl (C=O) groups excluding carboxylic acids is 1. The summed E-state index contributed by atoms with van der Waals surface area (Å²) >= 11 is 0. The molecule has 1 unspecified atom stereocenters. The Morgan fingerprint density at radius 3 is 2.73 bits per heavy atom. The number of rotatable bonds is 4. The van der Waals surface area contributed by atoms with Gasteiger partial charge in [-0.3, -0.25) is 4.79 Å². The number of likely N-dealkylation sites (N-methyl/N-ethyl adjacent to an activating group) is 1. The van der Waals surface area contributed by atoms with Gasteiger partial charge in [-0.2, -0.15) is 0 Å². The number of hydrogen-bond acceptors (Lipinski definition) is 3. The van der Waals surface area contributed by atoms with Gasteiger partial charge in [0, 0.05) is 12.6 Å². The van der Waals surface area contributed by atoms with Crippen molar-refractivity contribution in [2.45, 2.75) is 57.7 Å². The van der Waals surface area contributed by atoms with Crippen molar-refractivity contribution in [3.8, 4) is 0 Å². The van der Waals surface area contributed by atoms with Crippen LogP contribution in [-0.2, 0) is 4.79 Å². The number of carbonyl (C=O) groups is 1. The third-order valence-corrected chi connectivity index (χ3v) is 2.94. The number of hydrogen-bond donors (Lipinski definition) is 3. The predicted molar refractivity (Wildman–Crippen MR) is 59.5 cm³/mol. The highest BCUT2D eigenvalue weighted by Crippen LogP contribution is 2.18. The smallest absolute Gasteiger partial charge is 0.236 e. The Bertz CT molecular complexity index is 209. The Balaban J connectivity index is 2.35. The summed E-state index contributed by atoms with van der Waals surface area (Å²) in [5.74, 6) is 0.00951. The zero-order valence-electron chi connectivity index (χ0n) is 9.62. The van der Waals surface area contributed by atoms with E-state index < -0.39 is 0 Å². The van der Waals surface area contributed by atoms with Crippen LogP contribution in [-0.4, -0.2) is 35.7 Å². The molecule has 0 aromatic carbocycles. The third kappa shape index (κ3) is 3.80. The van der Waals surface area contributed by atoms with E-state index in [1.165, 1.54) is 0 Å². The second kappa shape index (κ2) is 6.08. The zero-order valence-corrected chi connectivity index (χ0v) is 9.62. The molecular formula is C11H22N2O2. The molecule has 0 saturated heterocycles. The van der Waals surface area contributed by atoms with E-state index in [-0.39, 0.29) is 24.1 Å². The van der Waals surface area contributed by atoms with Crippen LogP contribution in [0.1, 0.15) is 39.5 Å². The van der Waals surface area contributed by atoms with Crippen LogP contribution in [0.15, 0.2) is 0 Å². The summed E-state index contributed by atoms with van der Waals surface area (Å²) in [5, 5.41) is 15.7. The summed E-state index contributed by atoms with van der Waals surface area (Å²) in [6.45, 7) is 4.39. The minimum atomic E-state index is -0.296. The van der Waals surface area contributed by atoms with Crippen molar-refractivity contribution in [3.05, 3.63) is 0 Å². The molecule has 4 heteroatoms. The molecule has 1 fully saturated rings. The molecule has 1 aliphatic carbocycles. The number of nitrogens with one attached hydrogen (secondary N) is 2. The molecule has 15 heavy (non-hydrogen) atoms. The summed E-state index contributed by atoms with van der Waals surface area (Å²) in [4.78, 5) is 11.5. The normalized spacial score (nSPS) is 28.5. The SMILES string of the molecule is CCNC(=O)C(C)N[C@@H]1CCCC[C@H]1O. The fourth-order valence-electron chi connectivity index (χ4n) is 2.03. The van der Waals surface area contributed by atoms with E-state index >= 15 is 0 Å². The largest absolute Gasteiger partial charge is 0.392 e. The van der Waals surface area contributed by atoms with Crippen molar-refractivity contribution in [3.63, 3.8) is 0 Å². The second-order valence-electron chi connectivity index (χ2n) is 4.24. The lowest BCUT2D eigenvalue weighted by Gasteiger charge is -2.30. The van der Waals surface area contributed by atoms with E-state index in [1.54, 1.807) is 0 Å². The highest BCUT2D eigenvalue weighted by Gasteiger charge is 2.25. The fourth-order valence-corrected chi connectivity index (χ4v) is 2.03. The third-order valence-electron chi connectivity index (χ3n) is 2.94. The lowest BCUT2D eigenvalue weighted by molar-refractivity contribution is -0.123. The van der Waals surface area contributed by atoms with Crippen LogP contribution in [0.3, 0.4) is 0 Å². The molecule has 4 nitrogen and oxygen atoms in total. The minimum Gasteiger partial charge on any atom is -0.392 e. The molecule has 3 atom stereocenters. The highest BCUT2D eigenvalue weighted by atomic mass is 16.3. The predicted octanol–water partition coefficient (Wildman–Crippen LogP) is 0.404. The van der Waals surface area contributed by atoms with Gasteiger partial charge in [0.15, 0.2) is 0 Å². The molecule has 0 radical (unpaired) electrons. The topological polar surface area (TPSA) is 61.4 Å². The first-order chi connectivity index (χ1) is 7.15. The number of amides is 1. The average Bonchev–Trinajstić information content (AvgIpc) is 2.21. The van der Waals surface area contributed by atoms with Crippen LogP contribution in [0.25, 0.3) is 0 Å². The summed E-state index contributed by atoms with van der Waals surface area (Å²) in [5.41, 5.74) is 0. The standard InChI is InChI=1S/C11H22N2O2/c1-3-12-11(15)8(2)13-9-6-4-5-7-10(9)14/h8-10,13-14H,3-7H2,1-2H3,(H,12,15)/t8?,9-,10-/m1/s1. The first-order valence-corrected chi connectivity index (χ1v) is 5.87.